The highest BCUT2D eigenvalue weighted by Crippen LogP contribution is 2.62. The lowest BCUT2D eigenvalue weighted by molar-refractivity contribution is 0.269. The summed E-state index contributed by atoms with van der Waals surface area (Å²) in [6.07, 6.45) is 15.5. The van der Waals surface area contributed by atoms with Gasteiger partial charge in [-0.05, 0) is 77.3 Å². The van der Waals surface area contributed by atoms with Gasteiger partial charge in [-0.1, -0.05) is 140 Å². The van der Waals surface area contributed by atoms with Crippen LogP contribution in [0.25, 0.3) is 11.1 Å². The van der Waals surface area contributed by atoms with Crippen molar-refractivity contribution in [3.8, 4) is 0 Å². The third kappa shape index (κ3) is 5.41. The fraction of sp³-hybridized carbons (Fsp3) is 0.568. The lowest BCUT2D eigenvalue weighted by Crippen LogP contribution is -2.30. The van der Waals surface area contributed by atoms with Crippen molar-refractivity contribution in [2.24, 2.45) is 5.41 Å². The van der Waals surface area contributed by atoms with Gasteiger partial charge < -0.3 is 0 Å². The van der Waals surface area contributed by atoms with E-state index in [1.165, 1.54) is 64.2 Å². The van der Waals surface area contributed by atoms with E-state index in [9.17, 15) is 0 Å². The molecule has 0 radical (unpaired) electrons. The fourth-order valence-corrected chi connectivity index (χ4v) is 7.87. The van der Waals surface area contributed by atoms with Gasteiger partial charge in [0.1, 0.15) is 0 Å². The lowest BCUT2D eigenvalue weighted by atomic mass is 9.61. The van der Waals surface area contributed by atoms with Crippen molar-refractivity contribution in [2.75, 3.05) is 0 Å². The smallest absolute Gasteiger partial charge is 0.0120 e. The highest BCUT2D eigenvalue weighted by atomic mass is 14.5. The standard InChI is InChI=1S/C37H52/c1-7-11-13-15-21-29-27(9-3)35(33-25-19-17-23-31(29)33)37(5,6)36-28(10-4)30(22-16-14-12-8-2)32-24-18-20-26-34(32)36/h17-20,23-26,35-36H,7-16,21-22H2,1-6H3. The van der Waals surface area contributed by atoms with Gasteiger partial charge in [-0.25, -0.2) is 0 Å². The average molecular weight is 497 g/mol. The summed E-state index contributed by atoms with van der Waals surface area (Å²) in [5, 5.41) is 0. The van der Waals surface area contributed by atoms with Gasteiger partial charge in [0, 0.05) is 11.8 Å². The van der Waals surface area contributed by atoms with E-state index in [-0.39, 0.29) is 5.41 Å². The van der Waals surface area contributed by atoms with Crippen LogP contribution in [0.4, 0.5) is 0 Å². The number of allylic oxidation sites excluding steroid dienone is 4. The second kappa shape index (κ2) is 12.6. The normalized spacial score (nSPS) is 19.1. The third-order valence-corrected chi connectivity index (χ3v) is 9.48. The molecular formula is C37H52. The Labute approximate surface area is 228 Å². The zero-order valence-corrected chi connectivity index (χ0v) is 24.8. The Balaban J connectivity index is 1.77. The summed E-state index contributed by atoms with van der Waals surface area (Å²) < 4.78 is 0. The SMILES string of the molecule is CCCCCCC1=C(CC)C(C(C)(C)C2C(CC)=C(CCCCCC)c3ccccc32)c2ccccc21. The first-order chi connectivity index (χ1) is 18.0. The van der Waals surface area contributed by atoms with Crippen molar-refractivity contribution in [3.63, 3.8) is 0 Å². The zero-order chi connectivity index (χ0) is 26.4. The first-order valence-corrected chi connectivity index (χ1v) is 15.6. The Morgan fingerprint density at radius 2 is 0.946 bits per heavy atom. The number of hydrogen-bond acceptors (Lipinski definition) is 0. The van der Waals surface area contributed by atoms with E-state index in [0.717, 1.165) is 12.8 Å². The molecule has 0 aromatic heterocycles. The van der Waals surface area contributed by atoms with Gasteiger partial charge in [0.2, 0.25) is 0 Å². The molecule has 0 fully saturated rings. The van der Waals surface area contributed by atoms with E-state index in [4.69, 9.17) is 0 Å². The number of hydrogen-bond donors (Lipinski definition) is 0. The maximum Gasteiger partial charge on any atom is 0.0120 e. The summed E-state index contributed by atoms with van der Waals surface area (Å²) in [5.74, 6) is 0.989. The van der Waals surface area contributed by atoms with Gasteiger partial charge in [-0.2, -0.15) is 0 Å². The second-order valence-corrected chi connectivity index (χ2v) is 12.2. The van der Waals surface area contributed by atoms with Crippen LogP contribution in [0.2, 0.25) is 0 Å². The number of benzene rings is 2. The van der Waals surface area contributed by atoms with Crippen LogP contribution in [0.1, 0.15) is 153 Å². The molecule has 0 spiro atoms. The highest BCUT2D eigenvalue weighted by Gasteiger charge is 2.48. The molecular weight excluding hydrogens is 444 g/mol. The first kappa shape index (κ1) is 27.9. The van der Waals surface area contributed by atoms with Gasteiger partial charge in [-0.15, -0.1) is 0 Å². The topological polar surface area (TPSA) is 0 Å². The van der Waals surface area contributed by atoms with Crippen molar-refractivity contribution >= 4 is 11.1 Å². The number of unbranched alkanes of at least 4 members (excludes halogenated alkanes) is 6. The minimum Gasteiger partial charge on any atom is -0.0654 e. The molecule has 0 bridgehead atoms. The molecule has 2 atom stereocenters. The molecule has 0 nitrogen and oxygen atoms in total. The molecule has 0 heteroatoms. The Morgan fingerprint density at radius 1 is 0.541 bits per heavy atom. The van der Waals surface area contributed by atoms with E-state index < -0.39 is 0 Å². The van der Waals surface area contributed by atoms with E-state index in [2.05, 4.69) is 90.1 Å². The summed E-state index contributed by atoms with van der Waals surface area (Å²) in [6.45, 7) is 14.7. The fourth-order valence-electron chi connectivity index (χ4n) is 7.87. The largest absolute Gasteiger partial charge is 0.0654 e. The average Bonchev–Trinajstić information content (AvgIpc) is 3.42. The van der Waals surface area contributed by atoms with Crippen LogP contribution in [0, 0.1) is 5.41 Å². The first-order valence-electron chi connectivity index (χ1n) is 15.6. The lowest BCUT2D eigenvalue weighted by Gasteiger charge is -2.42. The molecule has 2 aliphatic carbocycles. The monoisotopic (exact) mass is 496 g/mol. The third-order valence-electron chi connectivity index (χ3n) is 9.48. The molecule has 2 aromatic carbocycles. The van der Waals surface area contributed by atoms with Crippen LogP contribution in [0.3, 0.4) is 0 Å². The van der Waals surface area contributed by atoms with Crippen LogP contribution in [-0.2, 0) is 0 Å². The van der Waals surface area contributed by atoms with Gasteiger partial charge in [0.05, 0.1) is 0 Å². The molecule has 0 aliphatic heterocycles. The summed E-state index contributed by atoms with van der Waals surface area (Å²) in [4.78, 5) is 0. The number of fused-ring (bicyclic) bond motifs is 2. The van der Waals surface area contributed by atoms with Gasteiger partial charge in [-0.3, -0.25) is 0 Å². The molecule has 37 heavy (non-hydrogen) atoms. The molecule has 4 rings (SSSR count). The molecule has 0 N–H and O–H groups in total. The molecule has 0 amide bonds. The Morgan fingerprint density at radius 3 is 1.32 bits per heavy atom. The van der Waals surface area contributed by atoms with Gasteiger partial charge >= 0.3 is 0 Å². The number of rotatable bonds is 14. The molecule has 0 saturated carbocycles. The molecule has 2 aromatic rings. The summed E-state index contributed by atoms with van der Waals surface area (Å²) in [7, 11) is 0. The zero-order valence-electron chi connectivity index (χ0n) is 24.8. The molecule has 0 heterocycles. The Kier molecular flexibility index (Phi) is 9.55. The quantitative estimate of drug-likeness (QED) is 0.228. The van der Waals surface area contributed by atoms with E-state index in [0.29, 0.717) is 11.8 Å². The summed E-state index contributed by atoms with van der Waals surface area (Å²) >= 11 is 0. The Hall–Kier alpha value is -2.08. The predicted octanol–water partition coefficient (Wildman–Crippen LogP) is 11.9. The molecule has 200 valence electrons. The van der Waals surface area contributed by atoms with Crippen molar-refractivity contribution in [3.05, 3.63) is 81.9 Å². The predicted molar refractivity (Wildman–Crippen MR) is 164 cm³/mol. The summed E-state index contributed by atoms with van der Waals surface area (Å²) in [5.41, 5.74) is 13.3. The molecule has 0 saturated heterocycles. The van der Waals surface area contributed by atoms with Crippen LogP contribution < -0.4 is 0 Å². The van der Waals surface area contributed by atoms with Crippen LogP contribution in [0.15, 0.2) is 59.7 Å². The Bertz CT molecular complexity index is 1020. The van der Waals surface area contributed by atoms with Crippen LogP contribution in [0.5, 0.6) is 0 Å². The second-order valence-electron chi connectivity index (χ2n) is 12.2. The minimum absolute atomic E-state index is 0.124. The molecule has 2 unspecified atom stereocenters. The van der Waals surface area contributed by atoms with Crippen molar-refractivity contribution in [1.82, 2.24) is 0 Å². The maximum atomic E-state index is 2.60. The van der Waals surface area contributed by atoms with Gasteiger partial charge in [0.25, 0.3) is 0 Å². The summed E-state index contributed by atoms with van der Waals surface area (Å²) in [6, 6.07) is 18.9. The maximum absolute atomic E-state index is 2.60. The molecule has 2 aliphatic rings. The minimum atomic E-state index is 0.124. The van der Waals surface area contributed by atoms with Crippen molar-refractivity contribution in [1.29, 1.82) is 0 Å². The highest BCUT2D eigenvalue weighted by molar-refractivity contribution is 5.81. The van der Waals surface area contributed by atoms with E-state index >= 15 is 0 Å². The van der Waals surface area contributed by atoms with Crippen molar-refractivity contribution in [2.45, 2.75) is 130 Å². The van der Waals surface area contributed by atoms with Gasteiger partial charge in [0.15, 0.2) is 0 Å². The van der Waals surface area contributed by atoms with E-state index in [1.54, 1.807) is 44.5 Å². The van der Waals surface area contributed by atoms with Crippen molar-refractivity contribution < 1.29 is 0 Å². The van der Waals surface area contributed by atoms with Crippen LogP contribution in [-0.4, -0.2) is 0 Å². The van der Waals surface area contributed by atoms with E-state index in [1.807, 2.05) is 0 Å². The van der Waals surface area contributed by atoms with Crippen LogP contribution >= 0.6 is 0 Å².